The summed E-state index contributed by atoms with van der Waals surface area (Å²) >= 11 is 0. The Balaban J connectivity index is 1.37. The predicted octanol–water partition coefficient (Wildman–Crippen LogP) is 3.16. The van der Waals surface area contributed by atoms with E-state index in [1.807, 2.05) is 23.2 Å². The molecule has 0 aromatic heterocycles. The van der Waals surface area contributed by atoms with Crippen molar-refractivity contribution in [2.24, 2.45) is 10.9 Å². The lowest BCUT2D eigenvalue weighted by molar-refractivity contribution is 0.0140. The Labute approximate surface area is 136 Å². The second-order valence-corrected chi connectivity index (χ2v) is 6.59. The molecule has 3 atom stereocenters. The van der Waals surface area contributed by atoms with Crippen LogP contribution in [0.15, 0.2) is 29.3 Å². The molecule has 1 N–H and O–H groups in total. The van der Waals surface area contributed by atoms with Gasteiger partial charge in [-0.15, -0.1) is 0 Å². The van der Waals surface area contributed by atoms with E-state index in [9.17, 15) is 8.78 Å². The van der Waals surface area contributed by atoms with Crippen molar-refractivity contribution in [3.8, 4) is 0 Å². The molecule has 2 aliphatic rings. The highest BCUT2D eigenvalue weighted by molar-refractivity contribution is 5.62. The van der Waals surface area contributed by atoms with Gasteiger partial charge in [0.05, 0.1) is 0 Å². The summed E-state index contributed by atoms with van der Waals surface area (Å²) in [5, 5.41) is 3.23. The maximum atomic E-state index is 14.4. The van der Waals surface area contributed by atoms with E-state index in [0.29, 0.717) is 18.9 Å². The molecule has 3 rings (SSSR count). The molecule has 1 aromatic carbocycles. The second-order valence-electron chi connectivity index (χ2n) is 6.59. The van der Waals surface area contributed by atoms with Crippen LogP contribution in [0.1, 0.15) is 31.2 Å². The molecule has 2 heterocycles. The van der Waals surface area contributed by atoms with Crippen LogP contribution in [0.5, 0.6) is 0 Å². The van der Waals surface area contributed by atoms with E-state index in [1.165, 1.54) is 12.1 Å². The van der Waals surface area contributed by atoms with Crippen LogP contribution in [0.3, 0.4) is 0 Å². The summed E-state index contributed by atoms with van der Waals surface area (Å²) in [5.74, 6) is 0.268. The minimum Gasteiger partial charge on any atom is -0.290 e. The van der Waals surface area contributed by atoms with Crippen LogP contribution in [0.2, 0.25) is 0 Å². The Hall–Kier alpha value is -1.33. The van der Waals surface area contributed by atoms with E-state index >= 15 is 0 Å². The van der Waals surface area contributed by atoms with Gasteiger partial charge in [0.2, 0.25) is 0 Å². The van der Waals surface area contributed by atoms with Crippen molar-refractivity contribution in [2.45, 2.75) is 44.6 Å². The molecule has 23 heavy (non-hydrogen) atoms. The van der Waals surface area contributed by atoms with Gasteiger partial charge in [-0.25, -0.2) is 8.78 Å². The summed E-state index contributed by atoms with van der Waals surface area (Å²) < 4.78 is 27.2. The molecule has 1 saturated heterocycles. The van der Waals surface area contributed by atoms with Gasteiger partial charge in [0.1, 0.15) is 12.0 Å². The molecule has 0 spiro atoms. The third-order valence-electron chi connectivity index (χ3n) is 4.88. The lowest BCUT2D eigenvalue weighted by Crippen LogP contribution is -2.46. The minimum atomic E-state index is -0.850. The molecule has 0 aliphatic carbocycles. The molecule has 126 valence electrons. The predicted molar refractivity (Wildman–Crippen MR) is 88.8 cm³/mol. The van der Waals surface area contributed by atoms with Gasteiger partial charge in [-0.3, -0.25) is 15.2 Å². The van der Waals surface area contributed by atoms with Crippen LogP contribution in [0, 0.1) is 11.7 Å². The Bertz CT molecular complexity index is 518. The standard InChI is InChI=1S/C18H25F2N3/c19-16-6-4-14(5-7-16)2-1-3-15-8-11-23(17(20)12-15)13-18-21-9-10-22-18/h4-7,9,15,17-18,22H,1-3,8,10-13H2. The third-order valence-corrected chi connectivity index (χ3v) is 4.88. The quantitative estimate of drug-likeness (QED) is 0.815. The first kappa shape index (κ1) is 16.5. The number of hydrogen-bond donors (Lipinski definition) is 1. The van der Waals surface area contributed by atoms with Crippen LogP contribution < -0.4 is 5.32 Å². The summed E-state index contributed by atoms with van der Waals surface area (Å²) in [6.45, 7) is 2.28. The largest absolute Gasteiger partial charge is 0.290 e. The first-order chi connectivity index (χ1) is 11.2. The number of aryl methyl sites for hydroxylation is 1. The van der Waals surface area contributed by atoms with Gasteiger partial charge >= 0.3 is 0 Å². The molecule has 1 aromatic rings. The maximum absolute atomic E-state index is 14.4. The SMILES string of the molecule is Fc1ccc(CCCC2CCN(CC3N=CCN3)C(F)C2)cc1. The third kappa shape index (κ3) is 4.82. The van der Waals surface area contributed by atoms with Gasteiger partial charge in [-0.05, 0) is 55.7 Å². The van der Waals surface area contributed by atoms with Gasteiger partial charge in [-0.2, -0.15) is 0 Å². The average molecular weight is 321 g/mol. The number of halogens is 2. The van der Waals surface area contributed by atoms with Gasteiger partial charge < -0.3 is 0 Å². The fourth-order valence-corrected chi connectivity index (χ4v) is 3.50. The van der Waals surface area contributed by atoms with Crippen molar-refractivity contribution < 1.29 is 8.78 Å². The van der Waals surface area contributed by atoms with Crippen molar-refractivity contribution in [3.05, 3.63) is 35.6 Å². The van der Waals surface area contributed by atoms with Gasteiger partial charge in [0.15, 0.2) is 6.30 Å². The Morgan fingerprint density at radius 1 is 1.26 bits per heavy atom. The normalized spacial score (nSPS) is 28.3. The summed E-state index contributed by atoms with van der Waals surface area (Å²) in [6.07, 6.45) is 5.78. The van der Waals surface area contributed by atoms with E-state index < -0.39 is 6.30 Å². The smallest absolute Gasteiger partial charge is 0.154 e. The number of nitrogens with one attached hydrogen (secondary N) is 1. The molecular weight excluding hydrogens is 296 g/mol. The number of piperidine rings is 1. The first-order valence-corrected chi connectivity index (χ1v) is 8.58. The second kappa shape index (κ2) is 7.97. The van der Waals surface area contributed by atoms with E-state index in [2.05, 4.69) is 10.3 Å². The minimum absolute atomic E-state index is 0.0586. The summed E-state index contributed by atoms with van der Waals surface area (Å²) in [4.78, 5) is 6.21. The Morgan fingerprint density at radius 2 is 2.09 bits per heavy atom. The van der Waals surface area contributed by atoms with Crippen molar-refractivity contribution in [1.29, 1.82) is 0 Å². The van der Waals surface area contributed by atoms with Crippen LogP contribution in [-0.2, 0) is 6.42 Å². The molecule has 0 radical (unpaired) electrons. The number of alkyl halides is 1. The molecule has 0 amide bonds. The number of rotatable bonds is 6. The van der Waals surface area contributed by atoms with E-state index in [1.54, 1.807) is 0 Å². The van der Waals surface area contributed by atoms with Crippen molar-refractivity contribution in [2.75, 3.05) is 19.6 Å². The lowest BCUT2D eigenvalue weighted by atomic mass is 9.90. The molecule has 0 saturated carbocycles. The Kier molecular flexibility index (Phi) is 5.73. The van der Waals surface area contributed by atoms with Crippen molar-refractivity contribution in [1.82, 2.24) is 10.2 Å². The number of aliphatic imine (C=N–C) groups is 1. The van der Waals surface area contributed by atoms with E-state index in [4.69, 9.17) is 0 Å². The highest BCUT2D eigenvalue weighted by atomic mass is 19.1. The number of nitrogens with zero attached hydrogens (tertiary/aromatic N) is 2. The van der Waals surface area contributed by atoms with Crippen LogP contribution >= 0.6 is 0 Å². The molecule has 5 heteroatoms. The highest BCUT2D eigenvalue weighted by Gasteiger charge is 2.29. The zero-order valence-electron chi connectivity index (χ0n) is 13.4. The van der Waals surface area contributed by atoms with E-state index in [0.717, 1.165) is 44.3 Å². The monoisotopic (exact) mass is 321 g/mol. The summed E-state index contributed by atoms with van der Waals surface area (Å²) in [7, 11) is 0. The zero-order chi connectivity index (χ0) is 16.1. The number of benzene rings is 1. The Morgan fingerprint density at radius 3 is 2.78 bits per heavy atom. The zero-order valence-corrected chi connectivity index (χ0v) is 13.4. The summed E-state index contributed by atoms with van der Waals surface area (Å²) in [5.41, 5.74) is 1.16. The van der Waals surface area contributed by atoms with E-state index in [-0.39, 0.29) is 12.0 Å². The lowest BCUT2D eigenvalue weighted by Gasteiger charge is -2.36. The van der Waals surface area contributed by atoms with Crippen molar-refractivity contribution in [3.63, 3.8) is 0 Å². The molecule has 1 fully saturated rings. The van der Waals surface area contributed by atoms with Crippen LogP contribution in [0.4, 0.5) is 8.78 Å². The average Bonchev–Trinajstić information content (AvgIpc) is 3.05. The molecule has 3 unspecified atom stereocenters. The number of likely N-dealkylation sites (tertiary alicyclic amines) is 1. The fraction of sp³-hybridized carbons (Fsp3) is 0.611. The maximum Gasteiger partial charge on any atom is 0.154 e. The van der Waals surface area contributed by atoms with Gasteiger partial charge in [0.25, 0.3) is 0 Å². The van der Waals surface area contributed by atoms with Crippen molar-refractivity contribution >= 4 is 6.21 Å². The highest BCUT2D eigenvalue weighted by Crippen LogP contribution is 2.28. The molecule has 0 bridgehead atoms. The number of hydrogen-bond acceptors (Lipinski definition) is 3. The van der Waals surface area contributed by atoms with Gasteiger partial charge in [0, 0.05) is 25.8 Å². The fourth-order valence-electron chi connectivity index (χ4n) is 3.50. The molecule has 2 aliphatic heterocycles. The summed E-state index contributed by atoms with van der Waals surface area (Å²) in [6, 6.07) is 6.69. The van der Waals surface area contributed by atoms with Gasteiger partial charge in [-0.1, -0.05) is 12.1 Å². The van der Waals surface area contributed by atoms with Crippen LogP contribution in [-0.4, -0.2) is 43.2 Å². The topological polar surface area (TPSA) is 27.6 Å². The molecule has 3 nitrogen and oxygen atoms in total. The first-order valence-electron chi connectivity index (χ1n) is 8.58. The van der Waals surface area contributed by atoms with Crippen LogP contribution in [0.25, 0.3) is 0 Å². The molecular formula is C18H25F2N3.